The minimum absolute atomic E-state index is 0.233. The van der Waals surface area contributed by atoms with E-state index in [1.807, 2.05) is 18.2 Å². The van der Waals surface area contributed by atoms with Gasteiger partial charge in [0.15, 0.2) is 0 Å². The molecule has 0 saturated carbocycles. The lowest BCUT2D eigenvalue weighted by molar-refractivity contribution is 0.520. The predicted octanol–water partition coefficient (Wildman–Crippen LogP) is 3.20. The smallest absolute Gasteiger partial charge is 0.123 e. The molecule has 0 amide bonds. The van der Waals surface area contributed by atoms with Crippen LogP contribution < -0.4 is 11.1 Å². The first kappa shape index (κ1) is 13.6. The second-order valence-electron chi connectivity index (χ2n) is 5.06. The highest BCUT2D eigenvalue weighted by molar-refractivity contribution is 5.46. The molecule has 2 rings (SSSR count). The van der Waals surface area contributed by atoms with E-state index in [0.717, 1.165) is 12.1 Å². The van der Waals surface area contributed by atoms with Crippen molar-refractivity contribution in [1.29, 1.82) is 0 Å². The van der Waals surface area contributed by atoms with Crippen molar-refractivity contribution in [2.24, 2.45) is 5.73 Å². The van der Waals surface area contributed by atoms with Gasteiger partial charge >= 0.3 is 0 Å². The van der Waals surface area contributed by atoms with Crippen molar-refractivity contribution >= 4 is 5.69 Å². The highest BCUT2D eigenvalue weighted by atomic mass is 19.1. The Morgan fingerprint density at radius 1 is 1.05 bits per heavy atom. The standard InChI is InChI=1S/C16H19FN2/c1-16(12-18,11-13-5-3-2-4-6-13)19-15-9-7-14(17)8-10-15/h2-10,19H,11-12,18H2,1H3. The van der Waals surface area contributed by atoms with Crippen LogP contribution in [0.3, 0.4) is 0 Å². The third kappa shape index (κ3) is 3.80. The van der Waals surface area contributed by atoms with E-state index in [4.69, 9.17) is 5.73 Å². The van der Waals surface area contributed by atoms with Crippen molar-refractivity contribution in [1.82, 2.24) is 0 Å². The molecule has 0 fully saturated rings. The number of halogens is 1. The number of hydrogen-bond donors (Lipinski definition) is 2. The van der Waals surface area contributed by atoms with Gasteiger partial charge in [-0.15, -0.1) is 0 Å². The lowest BCUT2D eigenvalue weighted by Crippen LogP contribution is -2.44. The van der Waals surface area contributed by atoms with Gasteiger partial charge in [0.1, 0.15) is 5.82 Å². The van der Waals surface area contributed by atoms with Crippen molar-refractivity contribution in [3.63, 3.8) is 0 Å². The highest BCUT2D eigenvalue weighted by Gasteiger charge is 2.22. The normalized spacial score (nSPS) is 13.8. The number of anilines is 1. The largest absolute Gasteiger partial charge is 0.378 e. The summed E-state index contributed by atoms with van der Waals surface area (Å²) >= 11 is 0. The Morgan fingerprint density at radius 2 is 1.68 bits per heavy atom. The second-order valence-corrected chi connectivity index (χ2v) is 5.06. The fourth-order valence-corrected chi connectivity index (χ4v) is 2.10. The number of rotatable bonds is 5. The van der Waals surface area contributed by atoms with Gasteiger partial charge in [-0.05, 0) is 43.2 Å². The topological polar surface area (TPSA) is 38.0 Å². The number of nitrogens with one attached hydrogen (secondary N) is 1. The number of hydrogen-bond acceptors (Lipinski definition) is 2. The van der Waals surface area contributed by atoms with Gasteiger partial charge in [0.25, 0.3) is 0 Å². The van der Waals surface area contributed by atoms with Crippen molar-refractivity contribution in [2.75, 3.05) is 11.9 Å². The molecule has 19 heavy (non-hydrogen) atoms. The molecular weight excluding hydrogens is 239 g/mol. The number of benzene rings is 2. The Morgan fingerprint density at radius 3 is 2.26 bits per heavy atom. The molecular formula is C16H19FN2. The first-order valence-corrected chi connectivity index (χ1v) is 6.39. The maximum Gasteiger partial charge on any atom is 0.123 e. The second kappa shape index (κ2) is 5.85. The molecule has 0 spiro atoms. The lowest BCUT2D eigenvalue weighted by atomic mass is 9.92. The SMILES string of the molecule is CC(CN)(Cc1ccccc1)Nc1ccc(F)cc1. The van der Waals surface area contributed by atoms with Crippen molar-refractivity contribution in [3.05, 3.63) is 66.0 Å². The minimum Gasteiger partial charge on any atom is -0.378 e. The molecule has 0 heterocycles. The average Bonchev–Trinajstić information content (AvgIpc) is 2.42. The summed E-state index contributed by atoms with van der Waals surface area (Å²) in [6.07, 6.45) is 0.821. The third-order valence-electron chi connectivity index (χ3n) is 3.18. The van der Waals surface area contributed by atoms with E-state index in [2.05, 4.69) is 24.4 Å². The first-order chi connectivity index (χ1) is 9.11. The van der Waals surface area contributed by atoms with E-state index in [9.17, 15) is 4.39 Å². The summed E-state index contributed by atoms with van der Waals surface area (Å²) < 4.78 is 12.9. The average molecular weight is 258 g/mol. The molecule has 0 aliphatic rings. The molecule has 0 aromatic heterocycles. The van der Waals surface area contributed by atoms with Gasteiger partial charge in [0, 0.05) is 12.2 Å². The van der Waals surface area contributed by atoms with Gasteiger partial charge in [-0.1, -0.05) is 30.3 Å². The Kier molecular flexibility index (Phi) is 4.17. The maximum atomic E-state index is 12.9. The third-order valence-corrected chi connectivity index (χ3v) is 3.18. The maximum absolute atomic E-state index is 12.9. The fraction of sp³-hybridized carbons (Fsp3) is 0.250. The Balaban J connectivity index is 2.11. The fourth-order valence-electron chi connectivity index (χ4n) is 2.10. The van der Waals surface area contributed by atoms with Crippen LogP contribution in [-0.4, -0.2) is 12.1 Å². The first-order valence-electron chi connectivity index (χ1n) is 6.39. The van der Waals surface area contributed by atoms with Crippen molar-refractivity contribution in [2.45, 2.75) is 18.9 Å². The van der Waals surface area contributed by atoms with E-state index in [1.165, 1.54) is 17.7 Å². The van der Waals surface area contributed by atoms with Crippen molar-refractivity contribution in [3.8, 4) is 0 Å². The van der Waals surface area contributed by atoms with Gasteiger partial charge in [-0.3, -0.25) is 0 Å². The Bertz CT molecular complexity index is 510. The lowest BCUT2D eigenvalue weighted by Gasteiger charge is -2.31. The van der Waals surface area contributed by atoms with E-state index >= 15 is 0 Å². The molecule has 0 aliphatic heterocycles. The molecule has 2 nitrogen and oxygen atoms in total. The Hall–Kier alpha value is -1.87. The van der Waals surface area contributed by atoms with Gasteiger partial charge in [0.2, 0.25) is 0 Å². The van der Waals surface area contributed by atoms with Crippen LogP contribution in [0.25, 0.3) is 0 Å². The molecule has 0 bridgehead atoms. The summed E-state index contributed by atoms with van der Waals surface area (Å²) in [7, 11) is 0. The molecule has 2 aromatic carbocycles. The van der Waals surface area contributed by atoms with E-state index in [-0.39, 0.29) is 11.4 Å². The molecule has 100 valence electrons. The van der Waals surface area contributed by atoms with E-state index < -0.39 is 0 Å². The van der Waals surface area contributed by atoms with Crippen LogP contribution in [0.1, 0.15) is 12.5 Å². The summed E-state index contributed by atoms with van der Waals surface area (Å²) in [5, 5.41) is 3.39. The zero-order valence-corrected chi connectivity index (χ0v) is 11.1. The monoisotopic (exact) mass is 258 g/mol. The van der Waals surface area contributed by atoms with E-state index in [0.29, 0.717) is 6.54 Å². The summed E-state index contributed by atoms with van der Waals surface area (Å²) in [4.78, 5) is 0. The summed E-state index contributed by atoms with van der Waals surface area (Å²) in [6, 6.07) is 16.6. The van der Waals surface area contributed by atoms with Crippen LogP contribution in [0, 0.1) is 5.82 Å². The van der Waals surface area contributed by atoms with Crippen LogP contribution in [-0.2, 0) is 6.42 Å². The van der Waals surface area contributed by atoms with E-state index in [1.54, 1.807) is 12.1 Å². The molecule has 0 radical (unpaired) electrons. The van der Waals surface area contributed by atoms with Crippen LogP contribution in [0.5, 0.6) is 0 Å². The molecule has 2 aromatic rings. The van der Waals surface area contributed by atoms with Gasteiger partial charge in [-0.2, -0.15) is 0 Å². The van der Waals surface area contributed by atoms with Crippen LogP contribution in [0.2, 0.25) is 0 Å². The molecule has 3 N–H and O–H groups in total. The molecule has 1 atom stereocenters. The van der Waals surface area contributed by atoms with Crippen LogP contribution >= 0.6 is 0 Å². The summed E-state index contributed by atoms with van der Waals surface area (Å²) in [5.74, 6) is -0.233. The number of nitrogens with two attached hydrogens (primary N) is 1. The zero-order valence-electron chi connectivity index (χ0n) is 11.1. The molecule has 0 saturated heterocycles. The summed E-state index contributed by atoms with van der Waals surface area (Å²) in [5.41, 5.74) is 7.75. The molecule has 3 heteroatoms. The van der Waals surface area contributed by atoms with Crippen molar-refractivity contribution < 1.29 is 4.39 Å². The molecule has 0 aliphatic carbocycles. The Labute approximate surface area is 113 Å². The van der Waals surface area contributed by atoms with Gasteiger partial charge in [0.05, 0.1) is 5.54 Å². The quantitative estimate of drug-likeness (QED) is 0.864. The van der Waals surface area contributed by atoms with Gasteiger partial charge < -0.3 is 11.1 Å². The zero-order chi connectivity index (χ0) is 13.7. The van der Waals surface area contributed by atoms with Crippen LogP contribution in [0.4, 0.5) is 10.1 Å². The minimum atomic E-state index is -0.251. The predicted molar refractivity (Wildman–Crippen MR) is 77.6 cm³/mol. The van der Waals surface area contributed by atoms with Gasteiger partial charge in [-0.25, -0.2) is 4.39 Å². The van der Waals surface area contributed by atoms with Crippen LogP contribution in [0.15, 0.2) is 54.6 Å². The molecule has 1 unspecified atom stereocenters. The summed E-state index contributed by atoms with van der Waals surface area (Å²) in [6.45, 7) is 2.57. The highest BCUT2D eigenvalue weighted by Crippen LogP contribution is 2.19.